The van der Waals surface area contributed by atoms with Gasteiger partial charge in [0.15, 0.2) is 0 Å². The second kappa shape index (κ2) is 4.99. The predicted octanol–water partition coefficient (Wildman–Crippen LogP) is 1.97. The highest BCUT2D eigenvalue weighted by Crippen LogP contribution is 2.23. The van der Waals surface area contributed by atoms with Gasteiger partial charge in [-0.25, -0.2) is 10.0 Å². The van der Waals surface area contributed by atoms with Crippen LogP contribution < -0.4 is 5.01 Å². The largest absolute Gasteiger partial charge is 0.272 e. The first-order valence-electron chi connectivity index (χ1n) is 5.92. The fourth-order valence-electron chi connectivity index (χ4n) is 1.93. The van der Waals surface area contributed by atoms with Gasteiger partial charge in [-0.05, 0) is 18.6 Å². The maximum atomic E-state index is 11.8. The molecule has 2 amide bonds. The number of nitrogens with zero attached hydrogens (tertiary/aromatic N) is 2. The van der Waals surface area contributed by atoms with Crippen LogP contribution in [0.5, 0.6) is 0 Å². The van der Waals surface area contributed by atoms with Gasteiger partial charge in [-0.2, -0.15) is 0 Å². The van der Waals surface area contributed by atoms with E-state index in [2.05, 4.69) is 6.92 Å². The molecule has 2 rings (SSSR count). The Hall–Kier alpha value is -1.84. The molecule has 4 heteroatoms. The van der Waals surface area contributed by atoms with Gasteiger partial charge in [0, 0.05) is 6.54 Å². The van der Waals surface area contributed by atoms with Crippen molar-refractivity contribution in [1.82, 2.24) is 5.01 Å². The molecule has 1 aromatic rings. The number of hydrogen-bond acceptors (Lipinski definition) is 2. The third-order valence-electron chi connectivity index (χ3n) is 2.79. The summed E-state index contributed by atoms with van der Waals surface area (Å²) in [5, 5.41) is 3.05. The Bertz CT molecular complexity index is 417. The van der Waals surface area contributed by atoms with Gasteiger partial charge in [-0.15, -0.1) is 0 Å². The number of para-hydroxylation sites is 1. The van der Waals surface area contributed by atoms with Gasteiger partial charge in [0.1, 0.15) is 6.42 Å². The van der Waals surface area contributed by atoms with Gasteiger partial charge in [-0.1, -0.05) is 31.5 Å². The van der Waals surface area contributed by atoms with Crippen LogP contribution in [0.3, 0.4) is 0 Å². The summed E-state index contributed by atoms with van der Waals surface area (Å²) in [5.74, 6) is -0.246. The predicted molar refractivity (Wildman–Crippen MR) is 65.2 cm³/mol. The fraction of sp³-hybridized carbons (Fsp3) is 0.385. The second-order valence-electron chi connectivity index (χ2n) is 4.09. The van der Waals surface area contributed by atoms with Crippen LogP contribution in [0.2, 0.25) is 0 Å². The Morgan fingerprint density at radius 2 is 1.82 bits per heavy atom. The van der Waals surface area contributed by atoms with Crippen molar-refractivity contribution < 1.29 is 9.59 Å². The Kier molecular flexibility index (Phi) is 3.42. The third-order valence-corrected chi connectivity index (χ3v) is 2.79. The number of anilines is 1. The molecule has 1 aromatic carbocycles. The zero-order valence-corrected chi connectivity index (χ0v) is 9.93. The standard InChI is InChI=1S/C13H16N2O2/c1-2-3-9-14-12(16)10-13(17)15(14)11-7-5-4-6-8-11/h4-8H,2-3,9-10H2,1H3. The summed E-state index contributed by atoms with van der Waals surface area (Å²) in [5.41, 5.74) is 0.763. The number of carbonyl (C=O) groups is 2. The molecule has 0 aromatic heterocycles. The summed E-state index contributed by atoms with van der Waals surface area (Å²) in [6.07, 6.45) is 1.89. The van der Waals surface area contributed by atoms with Gasteiger partial charge in [0.05, 0.1) is 5.69 Å². The fourth-order valence-corrected chi connectivity index (χ4v) is 1.93. The molecular formula is C13H16N2O2. The van der Waals surface area contributed by atoms with E-state index < -0.39 is 0 Å². The van der Waals surface area contributed by atoms with E-state index in [0.29, 0.717) is 6.54 Å². The Labute approximate surface area is 101 Å². The number of hydrazine groups is 1. The van der Waals surface area contributed by atoms with Crippen molar-refractivity contribution in [3.8, 4) is 0 Å². The molecule has 0 unspecified atom stereocenters. The minimum Gasteiger partial charge on any atom is -0.272 e. The van der Waals surface area contributed by atoms with Crippen molar-refractivity contribution in [3.63, 3.8) is 0 Å². The summed E-state index contributed by atoms with van der Waals surface area (Å²) < 4.78 is 0. The molecule has 1 aliphatic heterocycles. The number of benzene rings is 1. The quantitative estimate of drug-likeness (QED) is 0.745. The highest BCUT2D eigenvalue weighted by atomic mass is 16.2. The van der Waals surface area contributed by atoms with Crippen molar-refractivity contribution in [2.24, 2.45) is 0 Å². The van der Waals surface area contributed by atoms with Crippen molar-refractivity contribution in [2.45, 2.75) is 26.2 Å². The zero-order valence-electron chi connectivity index (χ0n) is 9.93. The maximum absolute atomic E-state index is 11.8. The summed E-state index contributed by atoms with van der Waals surface area (Å²) in [7, 11) is 0. The van der Waals surface area contributed by atoms with Crippen LogP contribution in [0.25, 0.3) is 0 Å². The van der Waals surface area contributed by atoms with Crippen LogP contribution in [0.1, 0.15) is 26.2 Å². The summed E-state index contributed by atoms with van der Waals surface area (Å²) in [6, 6.07) is 9.31. The van der Waals surface area contributed by atoms with E-state index in [0.717, 1.165) is 18.5 Å². The highest BCUT2D eigenvalue weighted by molar-refractivity contribution is 6.11. The average Bonchev–Trinajstić information content (AvgIpc) is 2.62. The minimum atomic E-state index is -0.141. The van der Waals surface area contributed by atoms with Crippen LogP contribution in [-0.2, 0) is 9.59 Å². The molecule has 0 N–H and O–H groups in total. The van der Waals surface area contributed by atoms with Gasteiger partial charge >= 0.3 is 0 Å². The molecule has 1 aliphatic rings. The Balaban J connectivity index is 2.23. The molecule has 0 radical (unpaired) electrons. The molecule has 4 nitrogen and oxygen atoms in total. The summed E-state index contributed by atoms with van der Waals surface area (Å²) >= 11 is 0. The van der Waals surface area contributed by atoms with E-state index in [1.54, 1.807) is 5.01 Å². The normalized spacial score (nSPS) is 15.8. The van der Waals surface area contributed by atoms with Gasteiger partial charge in [0.2, 0.25) is 0 Å². The Morgan fingerprint density at radius 3 is 2.47 bits per heavy atom. The van der Waals surface area contributed by atoms with Crippen LogP contribution in [0.15, 0.2) is 30.3 Å². The van der Waals surface area contributed by atoms with E-state index in [1.807, 2.05) is 30.3 Å². The van der Waals surface area contributed by atoms with Crippen molar-refractivity contribution in [3.05, 3.63) is 30.3 Å². The SMILES string of the molecule is CCCCN1C(=O)CC(=O)N1c1ccccc1. The minimum absolute atomic E-state index is 0.0153. The molecule has 0 atom stereocenters. The Morgan fingerprint density at radius 1 is 1.12 bits per heavy atom. The van der Waals surface area contributed by atoms with Crippen molar-refractivity contribution in [1.29, 1.82) is 0 Å². The lowest BCUT2D eigenvalue weighted by Crippen LogP contribution is -2.41. The number of hydrogen-bond donors (Lipinski definition) is 0. The molecule has 1 fully saturated rings. The number of unbranched alkanes of at least 4 members (excludes halogenated alkanes) is 1. The number of carbonyl (C=O) groups excluding carboxylic acids is 2. The molecule has 1 heterocycles. The topological polar surface area (TPSA) is 40.6 Å². The van der Waals surface area contributed by atoms with Gasteiger partial charge in [-0.3, -0.25) is 9.59 Å². The van der Waals surface area contributed by atoms with E-state index in [-0.39, 0.29) is 18.2 Å². The first-order valence-corrected chi connectivity index (χ1v) is 5.92. The lowest BCUT2D eigenvalue weighted by molar-refractivity contribution is -0.128. The van der Waals surface area contributed by atoms with Crippen LogP contribution in [-0.4, -0.2) is 23.4 Å². The summed E-state index contributed by atoms with van der Waals surface area (Å²) in [6.45, 7) is 2.67. The smallest absolute Gasteiger partial charge is 0.255 e. The van der Waals surface area contributed by atoms with Crippen molar-refractivity contribution in [2.75, 3.05) is 11.6 Å². The van der Waals surface area contributed by atoms with E-state index in [9.17, 15) is 9.59 Å². The highest BCUT2D eigenvalue weighted by Gasteiger charge is 2.36. The maximum Gasteiger partial charge on any atom is 0.255 e. The monoisotopic (exact) mass is 232 g/mol. The van der Waals surface area contributed by atoms with Crippen LogP contribution in [0.4, 0.5) is 5.69 Å². The zero-order chi connectivity index (χ0) is 12.3. The van der Waals surface area contributed by atoms with E-state index >= 15 is 0 Å². The number of rotatable bonds is 4. The van der Waals surface area contributed by atoms with Gasteiger partial charge in [0.25, 0.3) is 11.8 Å². The van der Waals surface area contributed by atoms with Crippen molar-refractivity contribution >= 4 is 17.5 Å². The number of amides is 2. The lowest BCUT2D eigenvalue weighted by Gasteiger charge is -2.27. The van der Waals surface area contributed by atoms with E-state index in [1.165, 1.54) is 5.01 Å². The molecule has 0 spiro atoms. The molecule has 17 heavy (non-hydrogen) atoms. The van der Waals surface area contributed by atoms with Crippen LogP contribution >= 0.6 is 0 Å². The first-order chi connectivity index (χ1) is 8.24. The molecular weight excluding hydrogens is 216 g/mol. The van der Waals surface area contributed by atoms with Gasteiger partial charge < -0.3 is 0 Å². The molecule has 0 bridgehead atoms. The second-order valence-corrected chi connectivity index (χ2v) is 4.09. The first kappa shape index (κ1) is 11.6. The molecule has 0 saturated carbocycles. The lowest BCUT2D eigenvalue weighted by atomic mass is 10.3. The molecule has 90 valence electrons. The van der Waals surface area contributed by atoms with E-state index in [4.69, 9.17) is 0 Å². The van der Waals surface area contributed by atoms with Crippen LogP contribution in [0, 0.1) is 0 Å². The average molecular weight is 232 g/mol. The third kappa shape index (κ3) is 2.30. The summed E-state index contributed by atoms with van der Waals surface area (Å²) in [4.78, 5) is 23.6. The molecule has 1 saturated heterocycles. The molecule has 0 aliphatic carbocycles.